The lowest BCUT2D eigenvalue weighted by Gasteiger charge is -2.35. The predicted octanol–water partition coefficient (Wildman–Crippen LogP) is 4.08. The lowest BCUT2D eigenvalue weighted by atomic mass is 9.92. The molecule has 2 aliphatic heterocycles. The minimum Gasteiger partial charge on any atom is -0.453 e. The van der Waals surface area contributed by atoms with Crippen LogP contribution in [-0.4, -0.2) is 44.6 Å². The van der Waals surface area contributed by atoms with Crippen LogP contribution in [0.2, 0.25) is 0 Å². The van der Waals surface area contributed by atoms with Gasteiger partial charge in [-0.1, -0.05) is 12.1 Å². The average molecular weight is 439 g/mol. The van der Waals surface area contributed by atoms with E-state index in [1.54, 1.807) is 35.4 Å². The predicted molar refractivity (Wildman–Crippen MR) is 122 cm³/mol. The van der Waals surface area contributed by atoms with Crippen molar-refractivity contribution in [3.63, 3.8) is 0 Å². The Labute approximate surface area is 186 Å². The smallest absolute Gasteiger partial charge is 0.414 e. The second-order valence-electron chi connectivity index (χ2n) is 7.97. The first-order valence-corrected chi connectivity index (χ1v) is 10.7. The first-order valence-electron chi connectivity index (χ1n) is 10.7. The molecule has 3 N–H and O–H groups in total. The minimum absolute atomic E-state index is 0.0485. The van der Waals surface area contributed by atoms with Crippen molar-refractivity contribution >= 4 is 23.6 Å². The molecule has 1 atom stereocenters. The zero-order chi connectivity index (χ0) is 22.7. The number of benzene rings is 2. The topological polar surface area (TPSA) is 86.7 Å². The normalized spacial score (nSPS) is 18.4. The minimum atomic E-state index is -0.482. The van der Waals surface area contributed by atoms with Gasteiger partial charge in [0.15, 0.2) is 11.6 Å². The van der Waals surface area contributed by atoms with Gasteiger partial charge in [-0.3, -0.25) is 4.90 Å². The van der Waals surface area contributed by atoms with Crippen LogP contribution in [0.15, 0.2) is 42.6 Å². The molecule has 0 radical (unpaired) electrons. The molecule has 2 heterocycles. The van der Waals surface area contributed by atoms with Gasteiger partial charge in [-0.05, 0) is 44.0 Å². The largest absolute Gasteiger partial charge is 0.453 e. The van der Waals surface area contributed by atoms with Crippen LogP contribution in [0.3, 0.4) is 0 Å². The molecule has 0 unspecified atom stereocenters. The van der Waals surface area contributed by atoms with Gasteiger partial charge in [0.05, 0.1) is 18.8 Å². The summed E-state index contributed by atoms with van der Waals surface area (Å²) in [6, 6.07) is 10.1. The molecule has 2 aromatic rings. The van der Waals surface area contributed by atoms with Crippen molar-refractivity contribution in [1.82, 2.24) is 10.6 Å². The molecule has 1 amide bonds. The molecule has 168 valence electrons. The maximum Gasteiger partial charge on any atom is 0.414 e. The maximum atomic E-state index is 14.5. The Balaban J connectivity index is 1.83. The number of hydrogen-bond donors (Lipinski definition) is 3. The third kappa shape index (κ3) is 4.18. The molecule has 7 nitrogen and oxygen atoms in total. The van der Waals surface area contributed by atoms with Gasteiger partial charge >= 0.3 is 6.09 Å². The number of nitrogens with zero attached hydrogens (tertiary/aromatic N) is 1. The van der Waals surface area contributed by atoms with Crippen molar-refractivity contribution in [3.8, 4) is 11.5 Å². The summed E-state index contributed by atoms with van der Waals surface area (Å²) in [6.45, 7) is 3.68. The molecule has 1 saturated heterocycles. The Hall–Kier alpha value is -3.39. The number of fused-ring (bicyclic) bond motifs is 1. The molecule has 2 aromatic carbocycles. The number of rotatable bonds is 6. The van der Waals surface area contributed by atoms with Crippen LogP contribution >= 0.6 is 0 Å². The highest BCUT2D eigenvalue weighted by Crippen LogP contribution is 2.43. The number of nitrogens with one attached hydrogen (secondary N) is 3. The Bertz CT molecular complexity index is 1050. The fourth-order valence-corrected chi connectivity index (χ4v) is 3.97. The van der Waals surface area contributed by atoms with Crippen LogP contribution < -0.4 is 20.3 Å². The van der Waals surface area contributed by atoms with Crippen molar-refractivity contribution in [2.24, 2.45) is 0 Å². The first kappa shape index (κ1) is 21.8. The van der Waals surface area contributed by atoms with Crippen molar-refractivity contribution < 1.29 is 18.7 Å². The Kier molecular flexibility index (Phi) is 6.41. The Morgan fingerprint density at radius 2 is 2.06 bits per heavy atom. The molecule has 0 bridgehead atoms. The number of anilines is 1. The van der Waals surface area contributed by atoms with Gasteiger partial charge in [-0.15, -0.1) is 0 Å². The highest BCUT2D eigenvalue weighted by Gasteiger charge is 2.32. The number of carbonyl (C=O) groups excluding carboxylic acids is 1. The summed E-state index contributed by atoms with van der Waals surface area (Å²) in [7, 11) is 1.35. The van der Waals surface area contributed by atoms with Crippen LogP contribution in [0.25, 0.3) is 5.57 Å². The summed E-state index contributed by atoms with van der Waals surface area (Å²) in [4.78, 5) is 14.1. The third-order valence-corrected chi connectivity index (χ3v) is 5.89. The molecular formula is C24H27FN4O3. The van der Waals surface area contributed by atoms with E-state index in [0.29, 0.717) is 41.5 Å². The number of methoxy groups -OCH3 is 1. The van der Waals surface area contributed by atoms with Gasteiger partial charge in [-0.2, -0.15) is 0 Å². The maximum absolute atomic E-state index is 14.5. The molecule has 0 aromatic heterocycles. The van der Waals surface area contributed by atoms with Crippen LogP contribution in [0.1, 0.15) is 24.5 Å². The van der Waals surface area contributed by atoms with Crippen LogP contribution in [-0.2, 0) is 11.2 Å². The van der Waals surface area contributed by atoms with Crippen molar-refractivity contribution in [1.29, 1.82) is 5.41 Å². The molecule has 1 fully saturated rings. The fraction of sp³-hybridized carbons (Fsp3) is 0.333. The Morgan fingerprint density at radius 1 is 1.28 bits per heavy atom. The van der Waals surface area contributed by atoms with E-state index < -0.39 is 11.9 Å². The number of hydrogen-bond acceptors (Lipinski definition) is 6. The summed E-state index contributed by atoms with van der Waals surface area (Å²) in [6.07, 6.45) is 3.93. The molecule has 4 rings (SSSR count). The zero-order valence-electron chi connectivity index (χ0n) is 18.2. The summed E-state index contributed by atoms with van der Waals surface area (Å²) in [5, 5.41) is 14.5. The van der Waals surface area contributed by atoms with Gasteiger partial charge in [0.25, 0.3) is 0 Å². The lowest BCUT2D eigenvalue weighted by molar-refractivity contribution is 0.175. The highest BCUT2D eigenvalue weighted by molar-refractivity contribution is 6.10. The summed E-state index contributed by atoms with van der Waals surface area (Å²) in [5.74, 6) is 0.0478. The van der Waals surface area contributed by atoms with Gasteiger partial charge in [0, 0.05) is 48.2 Å². The number of para-hydroxylation sites is 1. The molecule has 0 aliphatic carbocycles. The monoisotopic (exact) mass is 438 g/mol. The van der Waals surface area contributed by atoms with E-state index in [-0.39, 0.29) is 11.8 Å². The lowest BCUT2D eigenvalue weighted by Crippen LogP contribution is -2.53. The standard InChI is InChI=1S/C24H27FN4O3/c1-15-7-8-19-21(29(15)24(30)31-2)10-9-18(16(11-26)12-28-17-13-27-14-17)23(19)32-22-6-4-3-5-20(22)25/h3-6,9-12,15,17,26-28H,7-8,13-14H2,1-2H3/b16-12+,26-11?/t15-/m0/s1. The summed E-state index contributed by atoms with van der Waals surface area (Å²) < 4.78 is 25.6. The molecule has 2 aliphatic rings. The van der Waals surface area contributed by atoms with E-state index in [2.05, 4.69) is 10.6 Å². The van der Waals surface area contributed by atoms with Crippen LogP contribution in [0.5, 0.6) is 11.5 Å². The molecule has 32 heavy (non-hydrogen) atoms. The van der Waals surface area contributed by atoms with E-state index in [1.807, 2.05) is 13.0 Å². The van der Waals surface area contributed by atoms with Gasteiger partial charge in [0.1, 0.15) is 5.75 Å². The second kappa shape index (κ2) is 9.40. The number of ether oxygens (including phenoxy) is 2. The van der Waals surface area contributed by atoms with Crippen molar-refractivity contribution in [2.45, 2.75) is 31.8 Å². The third-order valence-electron chi connectivity index (χ3n) is 5.89. The second-order valence-corrected chi connectivity index (χ2v) is 7.97. The SMILES string of the molecule is COC(=O)N1c2ccc(/C(C=N)=C/NC3CNC3)c(Oc3ccccc3F)c2CC[C@@H]1C. The molecule has 0 spiro atoms. The average Bonchev–Trinajstić information content (AvgIpc) is 2.77. The zero-order valence-corrected chi connectivity index (χ0v) is 18.2. The van der Waals surface area contributed by atoms with E-state index in [0.717, 1.165) is 18.7 Å². The quantitative estimate of drug-likeness (QED) is 0.592. The van der Waals surface area contributed by atoms with Crippen LogP contribution in [0.4, 0.5) is 14.9 Å². The molecule has 8 heteroatoms. The van der Waals surface area contributed by atoms with Crippen LogP contribution in [0, 0.1) is 11.2 Å². The van der Waals surface area contributed by atoms with E-state index in [1.165, 1.54) is 19.4 Å². The number of allylic oxidation sites excluding steroid dienone is 1. The van der Waals surface area contributed by atoms with E-state index in [9.17, 15) is 9.18 Å². The summed E-state index contributed by atoms with van der Waals surface area (Å²) in [5.41, 5.74) is 2.72. The van der Waals surface area contributed by atoms with Crippen molar-refractivity contribution in [2.75, 3.05) is 25.1 Å². The van der Waals surface area contributed by atoms with Crippen molar-refractivity contribution in [3.05, 3.63) is 59.5 Å². The molecule has 0 saturated carbocycles. The highest BCUT2D eigenvalue weighted by atomic mass is 19.1. The first-order chi connectivity index (χ1) is 15.5. The van der Waals surface area contributed by atoms with Gasteiger partial charge < -0.3 is 25.5 Å². The Morgan fingerprint density at radius 3 is 2.72 bits per heavy atom. The number of amides is 1. The van der Waals surface area contributed by atoms with E-state index in [4.69, 9.17) is 14.9 Å². The summed E-state index contributed by atoms with van der Waals surface area (Å²) >= 11 is 0. The number of carbonyl (C=O) groups is 1. The van der Waals surface area contributed by atoms with Gasteiger partial charge in [0.2, 0.25) is 0 Å². The number of halogens is 1. The fourth-order valence-electron chi connectivity index (χ4n) is 3.97. The molecular weight excluding hydrogens is 411 g/mol. The van der Waals surface area contributed by atoms with Gasteiger partial charge in [-0.25, -0.2) is 9.18 Å². The van der Waals surface area contributed by atoms with E-state index >= 15 is 0 Å².